The molecule has 3 nitrogen and oxygen atoms in total. The lowest BCUT2D eigenvalue weighted by Crippen LogP contribution is -2.41. The molecule has 0 aromatic heterocycles. The van der Waals surface area contributed by atoms with Gasteiger partial charge in [0.25, 0.3) is 0 Å². The van der Waals surface area contributed by atoms with Crippen molar-refractivity contribution < 1.29 is 18.5 Å². The number of hydrogen-bond donors (Lipinski definition) is 0. The fraction of sp³-hybridized carbons (Fsp3) is 0.500. The van der Waals surface area contributed by atoms with E-state index in [0.29, 0.717) is 22.9 Å². The zero-order chi connectivity index (χ0) is 14.4. The second-order valence-electron chi connectivity index (χ2n) is 5.94. The van der Waals surface area contributed by atoms with Crippen LogP contribution in [0.3, 0.4) is 0 Å². The normalized spacial score (nSPS) is 20.6. The van der Waals surface area contributed by atoms with Crippen LogP contribution in [0.2, 0.25) is 0 Å². The van der Waals surface area contributed by atoms with Crippen LogP contribution in [0, 0.1) is 12.7 Å². The van der Waals surface area contributed by atoms with Crippen LogP contribution in [-0.2, 0) is 9.31 Å². The SMILES string of the molecule is Cc1cc(B2OC(C)(C)C(C)(C)O2)c(F)cc1C=O. The van der Waals surface area contributed by atoms with E-state index in [0.717, 1.165) is 0 Å². The van der Waals surface area contributed by atoms with Gasteiger partial charge in [-0.1, -0.05) is 6.07 Å². The molecule has 0 N–H and O–H groups in total. The molecule has 2 rings (SSSR count). The lowest BCUT2D eigenvalue weighted by molar-refractivity contribution is 0.00578. The van der Waals surface area contributed by atoms with Crippen molar-refractivity contribution in [3.8, 4) is 0 Å². The molecule has 0 unspecified atom stereocenters. The van der Waals surface area contributed by atoms with Crippen LogP contribution < -0.4 is 5.46 Å². The molecule has 102 valence electrons. The van der Waals surface area contributed by atoms with Gasteiger partial charge in [-0.05, 0) is 46.2 Å². The summed E-state index contributed by atoms with van der Waals surface area (Å²) in [6.45, 7) is 9.42. The topological polar surface area (TPSA) is 35.5 Å². The van der Waals surface area contributed by atoms with E-state index in [-0.39, 0.29) is 0 Å². The number of aldehydes is 1. The lowest BCUT2D eigenvalue weighted by Gasteiger charge is -2.32. The van der Waals surface area contributed by atoms with E-state index in [4.69, 9.17) is 9.31 Å². The van der Waals surface area contributed by atoms with Gasteiger partial charge in [0.05, 0.1) is 11.2 Å². The summed E-state index contributed by atoms with van der Waals surface area (Å²) in [5.74, 6) is -0.480. The minimum absolute atomic E-state index is 0.335. The van der Waals surface area contributed by atoms with Crippen LogP contribution in [-0.4, -0.2) is 24.6 Å². The van der Waals surface area contributed by atoms with Gasteiger partial charge in [0.2, 0.25) is 0 Å². The quantitative estimate of drug-likeness (QED) is 0.607. The molecular formula is C14H18BFO3. The Hall–Kier alpha value is -1.20. The molecule has 0 amide bonds. The zero-order valence-electron chi connectivity index (χ0n) is 11.9. The van der Waals surface area contributed by atoms with Gasteiger partial charge in [-0.25, -0.2) is 4.39 Å². The molecule has 1 aromatic carbocycles. The van der Waals surface area contributed by atoms with Crippen molar-refractivity contribution in [3.63, 3.8) is 0 Å². The summed E-state index contributed by atoms with van der Waals surface area (Å²) in [7, 11) is -0.746. The summed E-state index contributed by atoms with van der Waals surface area (Å²) in [4.78, 5) is 10.8. The molecule has 1 aromatic rings. The predicted octanol–water partition coefficient (Wildman–Crippen LogP) is 2.25. The highest BCUT2D eigenvalue weighted by atomic mass is 19.1. The van der Waals surface area contributed by atoms with Crippen molar-refractivity contribution in [1.29, 1.82) is 0 Å². The van der Waals surface area contributed by atoms with Gasteiger partial charge in [0.1, 0.15) is 12.1 Å². The minimum atomic E-state index is -0.746. The first-order valence-electron chi connectivity index (χ1n) is 6.29. The maximum atomic E-state index is 14.1. The Balaban J connectivity index is 2.40. The van der Waals surface area contributed by atoms with Crippen molar-refractivity contribution in [1.82, 2.24) is 0 Å². The van der Waals surface area contributed by atoms with E-state index in [1.165, 1.54) is 6.07 Å². The summed E-state index contributed by atoms with van der Waals surface area (Å²) in [5, 5.41) is 0. The van der Waals surface area contributed by atoms with Gasteiger partial charge in [0.15, 0.2) is 0 Å². The second-order valence-corrected chi connectivity index (χ2v) is 5.94. The van der Waals surface area contributed by atoms with Crippen LogP contribution in [0.15, 0.2) is 12.1 Å². The third-order valence-corrected chi connectivity index (χ3v) is 4.02. The fourth-order valence-corrected chi connectivity index (χ4v) is 2.00. The monoisotopic (exact) mass is 264 g/mol. The zero-order valence-corrected chi connectivity index (χ0v) is 11.9. The minimum Gasteiger partial charge on any atom is -0.399 e. The first-order chi connectivity index (χ1) is 8.68. The molecule has 0 bridgehead atoms. The Morgan fingerprint density at radius 3 is 2.16 bits per heavy atom. The van der Waals surface area contributed by atoms with Crippen LogP contribution in [0.25, 0.3) is 0 Å². The lowest BCUT2D eigenvalue weighted by atomic mass is 9.77. The van der Waals surface area contributed by atoms with Crippen molar-refractivity contribution in [2.75, 3.05) is 0 Å². The Labute approximate surface area is 113 Å². The van der Waals surface area contributed by atoms with E-state index in [2.05, 4.69) is 0 Å². The first-order valence-corrected chi connectivity index (χ1v) is 6.29. The highest BCUT2D eigenvalue weighted by Crippen LogP contribution is 2.36. The summed E-state index contributed by atoms with van der Waals surface area (Å²) in [6.07, 6.45) is 0.645. The number of rotatable bonds is 2. The molecular weight excluding hydrogens is 246 g/mol. The molecule has 19 heavy (non-hydrogen) atoms. The fourth-order valence-electron chi connectivity index (χ4n) is 2.00. The summed E-state index contributed by atoms with van der Waals surface area (Å²) in [5.41, 5.74) is 0.364. The summed E-state index contributed by atoms with van der Waals surface area (Å²) < 4.78 is 25.7. The van der Waals surface area contributed by atoms with Gasteiger partial charge < -0.3 is 9.31 Å². The third kappa shape index (κ3) is 2.32. The van der Waals surface area contributed by atoms with Crippen molar-refractivity contribution in [3.05, 3.63) is 29.1 Å². The predicted molar refractivity (Wildman–Crippen MR) is 72.2 cm³/mol. The van der Waals surface area contributed by atoms with E-state index >= 15 is 0 Å². The van der Waals surface area contributed by atoms with Gasteiger partial charge >= 0.3 is 7.12 Å². The molecule has 0 aliphatic carbocycles. The highest BCUT2D eigenvalue weighted by Gasteiger charge is 2.52. The summed E-state index contributed by atoms with van der Waals surface area (Å²) in [6, 6.07) is 2.84. The van der Waals surface area contributed by atoms with Crippen LogP contribution in [0.4, 0.5) is 4.39 Å². The number of carbonyl (C=O) groups is 1. The van der Waals surface area contributed by atoms with Crippen molar-refractivity contribution in [2.45, 2.75) is 45.8 Å². The molecule has 0 radical (unpaired) electrons. The molecule has 5 heteroatoms. The van der Waals surface area contributed by atoms with E-state index in [1.54, 1.807) is 13.0 Å². The second kappa shape index (κ2) is 4.42. The van der Waals surface area contributed by atoms with Crippen molar-refractivity contribution >= 4 is 18.9 Å². The molecule has 1 aliphatic rings. The van der Waals surface area contributed by atoms with Gasteiger partial charge in [-0.3, -0.25) is 4.79 Å². The third-order valence-electron chi connectivity index (χ3n) is 4.02. The maximum absolute atomic E-state index is 14.1. The van der Waals surface area contributed by atoms with E-state index in [9.17, 15) is 9.18 Å². The first kappa shape index (κ1) is 14.2. The molecule has 0 saturated carbocycles. The molecule has 0 atom stereocenters. The largest absolute Gasteiger partial charge is 0.497 e. The maximum Gasteiger partial charge on any atom is 0.497 e. The van der Waals surface area contributed by atoms with Gasteiger partial charge in [0, 0.05) is 11.0 Å². The molecule has 1 aliphatic heterocycles. The Morgan fingerprint density at radius 2 is 1.68 bits per heavy atom. The average Bonchev–Trinajstić information content (AvgIpc) is 2.50. The molecule has 1 heterocycles. The molecule has 1 fully saturated rings. The van der Waals surface area contributed by atoms with E-state index in [1.807, 2.05) is 27.7 Å². The number of aryl methyl sites for hydroxylation is 1. The number of halogens is 1. The Morgan fingerprint density at radius 1 is 1.16 bits per heavy atom. The number of hydrogen-bond acceptors (Lipinski definition) is 3. The van der Waals surface area contributed by atoms with Crippen LogP contribution in [0.5, 0.6) is 0 Å². The highest BCUT2D eigenvalue weighted by molar-refractivity contribution is 6.62. The average molecular weight is 264 g/mol. The van der Waals surface area contributed by atoms with Crippen LogP contribution in [0.1, 0.15) is 43.6 Å². The molecule has 0 spiro atoms. The number of carbonyl (C=O) groups excluding carboxylic acids is 1. The smallest absolute Gasteiger partial charge is 0.399 e. The van der Waals surface area contributed by atoms with Gasteiger partial charge in [-0.2, -0.15) is 0 Å². The summed E-state index contributed by atoms with van der Waals surface area (Å²) >= 11 is 0. The Kier molecular flexibility index (Phi) is 3.31. The van der Waals surface area contributed by atoms with E-state index < -0.39 is 24.1 Å². The van der Waals surface area contributed by atoms with Gasteiger partial charge in [-0.15, -0.1) is 0 Å². The van der Waals surface area contributed by atoms with Crippen molar-refractivity contribution in [2.24, 2.45) is 0 Å². The Bertz CT molecular complexity index is 510. The standard InChI is InChI=1S/C14H18BFO3/c1-9-6-11(12(16)7-10(9)8-17)15-18-13(2,3)14(4,5)19-15/h6-8H,1-5H3. The van der Waals surface area contributed by atoms with Crippen LogP contribution >= 0.6 is 0 Å². The molecule has 1 saturated heterocycles. The number of benzene rings is 1.